The van der Waals surface area contributed by atoms with E-state index in [-0.39, 0.29) is 24.2 Å². The number of carboxylic acid groups (broad SMARTS) is 1. The van der Waals surface area contributed by atoms with Crippen molar-refractivity contribution in [2.45, 2.75) is 37.8 Å². The maximum atomic E-state index is 11.8. The van der Waals surface area contributed by atoms with Crippen LogP contribution in [0.2, 0.25) is 0 Å². The minimum Gasteiger partial charge on any atom is -0.481 e. The van der Waals surface area contributed by atoms with E-state index in [9.17, 15) is 9.59 Å². The first-order valence-electron chi connectivity index (χ1n) is 9.37. The average Bonchev–Trinajstić information content (AvgIpc) is 2.99. The number of nitrogens with two attached hydrogens (primary N) is 1. The van der Waals surface area contributed by atoms with E-state index >= 15 is 0 Å². The number of carbonyl (C=O) groups is 2. The molecule has 2 aliphatic rings. The van der Waals surface area contributed by atoms with Crippen LogP contribution in [0, 0.1) is 11.3 Å². The number of rotatable bonds is 7. The number of benzene rings is 1. The molecule has 2 aliphatic heterocycles. The van der Waals surface area contributed by atoms with Gasteiger partial charge >= 0.3 is 5.97 Å². The van der Waals surface area contributed by atoms with Gasteiger partial charge in [0.15, 0.2) is 0 Å². The van der Waals surface area contributed by atoms with Gasteiger partial charge in [-0.15, -0.1) is 0 Å². The van der Waals surface area contributed by atoms with Gasteiger partial charge in [-0.05, 0) is 43.5 Å². The summed E-state index contributed by atoms with van der Waals surface area (Å²) in [6.45, 7) is 2.56. The van der Waals surface area contributed by atoms with Gasteiger partial charge < -0.3 is 26.4 Å². The number of amides is 1. The van der Waals surface area contributed by atoms with E-state index in [1.54, 1.807) is 0 Å². The molecule has 8 heteroatoms. The summed E-state index contributed by atoms with van der Waals surface area (Å²) in [5.74, 6) is -1.40. The van der Waals surface area contributed by atoms with Crippen LogP contribution in [-0.2, 0) is 9.59 Å². The maximum absolute atomic E-state index is 11.8. The molecule has 8 nitrogen and oxygen atoms in total. The van der Waals surface area contributed by atoms with Crippen LogP contribution in [0.1, 0.15) is 31.2 Å². The van der Waals surface area contributed by atoms with Gasteiger partial charge in [0.2, 0.25) is 5.91 Å². The summed E-state index contributed by atoms with van der Waals surface area (Å²) in [5, 5.41) is 22.7. The first kappa shape index (κ1) is 19.2. The molecule has 146 valence electrons. The van der Waals surface area contributed by atoms with E-state index in [0.717, 1.165) is 37.2 Å². The number of nitrogens with one attached hydrogen (secondary N) is 3. The molecule has 0 bridgehead atoms. The third-order valence-corrected chi connectivity index (χ3v) is 5.40. The van der Waals surface area contributed by atoms with Crippen molar-refractivity contribution in [1.29, 1.82) is 5.41 Å². The van der Waals surface area contributed by atoms with Crippen LogP contribution in [-0.4, -0.2) is 54.5 Å². The quantitative estimate of drug-likeness (QED) is 0.349. The number of anilines is 1. The Balaban J connectivity index is 1.41. The minimum atomic E-state index is -0.924. The van der Waals surface area contributed by atoms with Gasteiger partial charge in [0.05, 0.1) is 12.3 Å². The van der Waals surface area contributed by atoms with E-state index in [1.807, 2.05) is 24.3 Å². The smallest absolute Gasteiger partial charge is 0.304 e. The number of carbonyl (C=O) groups excluding carboxylic acids is 1. The standard InChI is InChI=1S/C19H27N5O3/c20-18(21)12-1-3-16(4-2-12)24-7-5-14(6-8-24)22-11-15-9-13(10-17(25)26)19(27)23-15/h1-4,13-15,22H,5-11H2,(H3,20,21)(H,23,27)(H,25,26)/t13-,15-/m0/s1. The number of nitrogens with zero attached hydrogens (tertiary/aromatic N) is 1. The van der Waals surface area contributed by atoms with Gasteiger partial charge in [-0.3, -0.25) is 15.0 Å². The molecule has 6 N–H and O–H groups in total. The summed E-state index contributed by atoms with van der Waals surface area (Å²) in [5.41, 5.74) is 7.36. The summed E-state index contributed by atoms with van der Waals surface area (Å²) < 4.78 is 0. The molecule has 0 radical (unpaired) electrons. The van der Waals surface area contributed by atoms with Gasteiger partial charge in [-0.1, -0.05) is 0 Å². The summed E-state index contributed by atoms with van der Waals surface area (Å²) in [6, 6.07) is 8.16. The van der Waals surface area contributed by atoms with Crippen molar-refractivity contribution in [1.82, 2.24) is 10.6 Å². The molecule has 2 saturated heterocycles. The maximum Gasteiger partial charge on any atom is 0.304 e. The lowest BCUT2D eigenvalue weighted by Gasteiger charge is -2.34. The lowest BCUT2D eigenvalue weighted by molar-refractivity contribution is -0.140. The molecule has 0 aromatic heterocycles. The molecule has 1 amide bonds. The van der Waals surface area contributed by atoms with Gasteiger partial charge in [0, 0.05) is 43.0 Å². The summed E-state index contributed by atoms with van der Waals surface area (Å²) in [7, 11) is 0. The molecule has 27 heavy (non-hydrogen) atoms. The highest BCUT2D eigenvalue weighted by Crippen LogP contribution is 2.22. The molecule has 1 aromatic rings. The van der Waals surface area contributed by atoms with E-state index < -0.39 is 11.9 Å². The molecule has 2 fully saturated rings. The van der Waals surface area contributed by atoms with Gasteiger partial charge in [0.1, 0.15) is 5.84 Å². The van der Waals surface area contributed by atoms with Crippen molar-refractivity contribution in [2.24, 2.45) is 11.7 Å². The number of nitrogen functional groups attached to an aromatic ring is 1. The van der Waals surface area contributed by atoms with E-state index in [1.165, 1.54) is 0 Å². The molecule has 0 unspecified atom stereocenters. The highest BCUT2D eigenvalue weighted by atomic mass is 16.4. The zero-order chi connectivity index (χ0) is 19.4. The van der Waals surface area contributed by atoms with E-state index in [0.29, 0.717) is 19.0 Å². The second kappa shape index (κ2) is 8.39. The van der Waals surface area contributed by atoms with Gasteiger partial charge in [-0.25, -0.2) is 0 Å². The zero-order valence-electron chi connectivity index (χ0n) is 15.3. The van der Waals surface area contributed by atoms with Crippen LogP contribution >= 0.6 is 0 Å². The summed E-state index contributed by atoms with van der Waals surface area (Å²) >= 11 is 0. The van der Waals surface area contributed by atoms with Crippen molar-refractivity contribution < 1.29 is 14.7 Å². The lowest BCUT2D eigenvalue weighted by atomic mass is 10.0. The Hall–Kier alpha value is -2.61. The molecule has 0 spiro atoms. The molecule has 2 heterocycles. The Labute approximate surface area is 158 Å². The van der Waals surface area contributed by atoms with Crippen LogP contribution in [0.15, 0.2) is 24.3 Å². The Bertz CT molecular complexity index is 698. The average molecular weight is 373 g/mol. The largest absolute Gasteiger partial charge is 0.481 e. The van der Waals surface area contributed by atoms with Crippen LogP contribution in [0.3, 0.4) is 0 Å². The molecule has 0 saturated carbocycles. The monoisotopic (exact) mass is 373 g/mol. The predicted molar refractivity (Wildman–Crippen MR) is 103 cm³/mol. The highest BCUT2D eigenvalue weighted by Gasteiger charge is 2.33. The number of amidine groups is 1. The number of hydrogen-bond acceptors (Lipinski definition) is 5. The fourth-order valence-electron chi connectivity index (χ4n) is 3.85. The first-order chi connectivity index (χ1) is 12.9. The fraction of sp³-hybridized carbons (Fsp3) is 0.526. The normalized spacial score (nSPS) is 23.3. The minimum absolute atomic E-state index is 0.0130. The van der Waals surface area contributed by atoms with E-state index in [4.69, 9.17) is 16.2 Å². The van der Waals surface area contributed by atoms with Crippen molar-refractivity contribution in [3.05, 3.63) is 29.8 Å². The molecule has 2 atom stereocenters. The Morgan fingerprint density at radius 3 is 2.56 bits per heavy atom. The first-order valence-corrected chi connectivity index (χ1v) is 9.37. The lowest BCUT2D eigenvalue weighted by Crippen LogP contribution is -2.46. The Kier molecular flexibility index (Phi) is 5.95. The SMILES string of the molecule is N=C(N)c1ccc(N2CCC(NC[C@@H]3C[C@@H](CC(=O)O)C(=O)N3)CC2)cc1. The van der Waals surface area contributed by atoms with Crippen LogP contribution in [0.25, 0.3) is 0 Å². The van der Waals surface area contributed by atoms with E-state index in [2.05, 4.69) is 15.5 Å². The Morgan fingerprint density at radius 1 is 1.30 bits per heavy atom. The third-order valence-electron chi connectivity index (χ3n) is 5.40. The third kappa shape index (κ3) is 4.97. The fourth-order valence-corrected chi connectivity index (χ4v) is 3.85. The molecular formula is C19H27N5O3. The van der Waals surface area contributed by atoms with Crippen LogP contribution < -0.4 is 21.3 Å². The summed E-state index contributed by atoms with van der Waals surface area (Å²) in [6.07, 6.45) is 2.50. The molecule has 0 aliphatic carbocycles. The van der Waals surface area contributed by atoms with Crippen molar-refractivity contribution in [3.8, 4) is 0 Å². The second-order valence-electron chi connectivity index (χ2n) is 7.37. The topological polar surface area (TPSA) is 132 Å². The van der Waals surface area contributed by atoms with Gasteiger partial charge in [0.25, 0.3) is 0 Å². The number of aliphatic carboxylic acids is 1. The number of carboxylic acids is 1. The van der Waals surface area contributed by atoms with Crippen LogP contribution in [0.5, 0.6) is 0 Å². The number of piperidine rings is 1. The van der Waals surface area contributed by atoms with Crippen LogP contribution in [0.4, 0.5) is 5.69 Å². The molecule has 3 rings (SSSR count). The van der Waals surface area contributed by atoms with Crippen molar-refractivity contribution in [2.75, 3.05) is 24.5 Å². The molecular weight excluding hydrogens is 346 g/mol. The highest BCUT2D eigenvalue weighted by molar-refractivity contribution is 5.95. The van der Waals surface area contributed by atoms with Crippen molar-refractivity contribution >= 4 is 23.4 Å². The second-order valence-corrected chi connectivity index (χ2v) is 7.37. The molecule has 1 aromatic carbocycles. The summed E-state index contributed by atoms with van der Waals surface area (Å²) in [4.78, 5) is 24.9. The zero-order valence-corrected chi connectivity index (χ0v) is 15.3. The number of hydrogen-bond donors (Lipinski definition) is 5. The predicted octanol–water partition coefficient (Wildman–Crippen LogP) is 0.508. The van der Waals surface area contributed by atoms with Gasteiger partial charge in [-0.2, -0.15) is 0 Å². The Morgan fingerprint density at radius 2 is 1.96 bits per heavy atom. The van der Waals surface area contributed by atoms with Crippen molar-refractivity contribution in [3.63, 3.8) is 0 Å².